The maximum atomic E-state index is 12.9. The van der Waals surface area contributed by atoms with E-state index in [1.54, 1.807) is 24.6 Å². The van der Waals surface area contributed by atoms with Crippen LogP contribution in [-0.2, 0) is 9.84 Å². The molecule has 0 aliphatic heterocycles. The second-order valence-electron chi connectivity index (χ2n) is 10.5. The lowest BCUT2D eigenvalue weighted by Crippen LogP contribution is -2.51. The van der Waals surface area contributed by atoms with E-state index < -0.39 is 15.1 Å². The topological polar surface area (TPSA) is 34.1 Å². The maximum absolute atomic E-state index is 12.9. The third-order valence-corrected chi connectivity index (χ3v) is 11.4. The van der Waals surface area contributed by atoms with Gasteiger partial charge < -0.3 is 0 Å². The van der Waals surface area contributed by atoms with Crippen molar-refractivity contribution in [2.24, 2.45) is 34.5 Å². The van der Waals surface area contributed by atoms with Crippen molar-refractivity contribution < 1.29 is 8.42 Å². The summed E-state index contributed by atoms with van der Waals surface area (Å²) >= 11 is 0. The fourth-order valence-electron chi connectivity index (χ4n) is 8.09. The molecule has 0 aromatic rings. The first-order chi connectivity index (χ1) is 13.3. The summed E-state index contributed by atoms with van der Waals surface area (Å²) in [7, 11) is -3.27. The number of hydrogen-bond acceptors (Lipinski definition) is 2. The van der Waals surface area contributed by atoms with Gasteiger partial charge in [0.15, 0.2) is 9.84 Å². The van der Waals surface area contributed by atoms with Crippen LogP contribution in [0.15, 0.2) is 35.8 Å². The van der Waals surface area contributed by atoms with Crippen molar-refractivity contribution in [3.05, 3.63) is 35.8 Å². The van der Waals surface area contributed by atoms with Gasteiger partial charge >= 0.3 is 0 Å². The molecule has 0 saturated heterocycles. The summed E-state index contributed by atoms with van der Waals surface area (Å²) in [4.78, 5) is 0. The van der Waals surface area contributed by atoms with Crippen molar-refractivity contribution in [1.82, 2.24) is 0 Å². The van der Waals surface area contributed by atoms with Crippen LogP contribution in [0, 0.1) is 34.5 Å². The van der Waals surface area contributed by atoms with E-state index in [-0.39, 0.29) is 11.3 Å². The minimum atomic E-state index is -3.27. The number of allylic oxidation sites excluding steroid dienone is 3. The number of sulfone groups is 1. The van der Waals surface area contributed by atoms with Crippen LogP contribution in [0.5, 0.6) is 0 Å². The molecular weight excluding hydrogens is 364 g/mol. The van der Waals surface area contributed by atoms with Gasteiger partial charge in [-0.05, 0) is 92.8 Å². The Morgan fingerprint density at radius 1 is 1.14 bits per heavy atom. The highest BCUT2D eigenvalue weighted by atomic mass is 32.2. The molecule has 7 atom stereocenters. The SMILES string of the molecule is C=CC([C@H]1CC[C@H]2[C@@H]3CC=C4CCCC[C@]4(C)[C@H]3CC[C@]12C)S(=O)(=O)/C=C\C. The van der Waals surface area contributed by atoms with Gasteiger partial charge in [0.1, 0.15) is 0 Å². The molecule has 0 aromatic carbocycles. The third-order valence-electron chi connectivity index (χ3n) is 9.43. The summed E-state index contributed by atoms with van der Waals surface area (Å²) in [6, 6.07) is 0. The average molecular weight is 403 g/mol. The van der Waals surface area contributed by atoms with Crippen molar-refractivity contribution in [1.29, 1.82) is 0 Å². The van der Waals surface area contributed by atoms with E-state index in [4.69, 9.17) is 0 Å². The maximum Gasteiger partial charge on any atom is 0.177 e. The number of rotatable bonds is 4. The molecular formula is C25H38O2S. The molecule has 1 unspecified atom stereocenters. The van der Waals surface area contributed by atoms with Crippen LogP contribution in [-0.4, -0.2) is 13.7 Å². The summed E-state index contributed by atoms with van der Waals surface area (Å²) in [5.74, 6) is 2.42. The van der Waals surface area contributed by atoms with Gasteiger partial charge in [0.25, 0.3) is 0 Å². The van der Waals surface area contributed by atoms with Crippen LogP contribution in [0.25, 0.3) is 0 Å². The van der Waals surface area contributed by atoms with E-state index in [2.05, 4.69) is 26.5 Å². The predicted octanol–water partition coefficient (Wildman–Crippen LogP) is 6.46. The Morgan fingerprint density at radius 3 is 2.64 bits per heavy atom. The molecule has 156 valence electrons. The zero-order valence-electron chi connectivity index (χ0n) is 18.0. The monoisotopic (exact) mass is 402 g/mol. The molecule has 0 amide bonds. The lowest BCUT2D eigenvalue weighted by molar-refractivity contribution is -0.0401. The summed E-state index contributed by atoms with van der Waals surface area (Å²) < 4.78 is 25.8. The number of fused-ring (bicyclic) bond motifs is 5. The van der Waals surface area contributed by atoms with E-state index in [9.17, 15) is 8.42 Å². The lowest BCUT2D eigenvalue weighted by Gasteiger charge is -2.58. The highest BCUT2D eigenvalue weighted by molar-refractivity contribution is 7.95. The minimum absolute atomic E-state index is 0.130. The molecule has 2 nitrogen and oxygen atoms in total. The molecule has 3 heteroatoms. The third kappa shape index (κ3) is 2.90. The van der Waals surface area contributed by atoms with Crippen LogP contribution in [0.2, 0.25) is 0 Å². The van der Waals surface area contributed by atoms with E-state index in [1.807, 2.05) is 0 Å². The molecule has 4 aliphatic rings. The molecule has 0 heterocycles. The molecule has 4 rings (SSSR count). The summed E-state index contributed by atoms with van der Waals surface area (Å²) in [6.07, 6.45) is 17.3. The Morgan fingerprint density at radius 2 is 1.93 bits per heavy atom. The molecule has 0 N–H and O–H groups in total. The van der Waals surface area contributed by atoms with Crippen molar-refractivity contribution in [3.8, 4) is 0 Å². The minimum Gasteiger partial charge on any atom is -0.224 e. The first kappa shape index (κ1) is 20.4. The molecule has 0 bridgehead atoms. The van der Waals surface area contributed by atoms with Crippen molar-refractivity contribution >= 4 is 9.84 Å². The van der Waals surface area contributed by atoms with Gasteiger partial charge in [-0.2, -0.15) is 0 Å². The van der Waals surface area contributed by atoms with Crippen molar-refractivity contribution in [3.63, 3.8) is 0 Å². The molecule has 3 fully saturated rings. The summed E-state index contributed by atoms with van der Waals surface area (Å²) in [5.41, 5.74) is 2.29. The predicted molar refractivity (Wildman–Crippen MR) is 118 cm³/mol. The van der Waals surface area contributed by atoms with E-state index in [0.29, 0.717) is 11.3 Å². The molecule has 28 heavy (non-hydrogen) atoms. The fraction of sp³-hybridized carbons (Fsp3) is 0.760. The Labute approximate surface area is 172 Å². The van der Waals surface area contributed by atoms with Gasteiger partial charge in [-0.1, -0.05) is 44.1 Å². The second-order valence-corrected chi connectivity index (χ2v) is 12.4. The zero-order chi connectivity index (χ0) is 20.2. The zero-order valence-corrected chi connectivity index (χ0v) is 18.8. The molecule has 3 saturated carbocycles. The normalized spacial score (nSPS) is 44.3. The van der Waals surface area contributed by atoms with Crippen LogP contribution in [0.3, 0.4) is 0 Å². The van der Waals surface area contributed by atoms with Crippen LogP contribution in [0.1, 0.15) is 78.6 Å². The highest BCUT2D eigenvalue weighted by Gasteiger charge is 2.60. The Bertz CT molecular complexity index is 791. The van der Waals surface area contributed by atoms with Crippen molar-refractivity contribution in [2.75, 3.05) is 0 Å². The second kappa shape index (κ2) is 7.15. The van der Waals surface area contributed by atoms with Crippen LogP contribution >= 0.6 is 0 Å². The largest absolute Gasteiger partial charge is 0.224 e. The average Bonchev–Trinajstić information content (AvgIpc) is 2.99. The molecule has 0 aromatic heterocycles. The van der Waals surface area contributed by atoms with Crippen LogP contribution < -0.4 is 0 Å². The first-order valence-electron chi connectivity index (χ1n) is 11.5. The smallest absolute Gasteiger partial charge is 0.177 e. The summed E-state index contributed by atoms with van der Waals surface area (Å²) in [6.45, 7) is 10.7. The van der Waals surface area contributed by atoms with E-state index in [1.165, 1.54) is 56.8 Å². The van der Waals surface area contributed by atoms with Gasteiger partial charge in [0.2, 0.25) is 0 Å². The molecule has 4 aliphatic carbocycles. The van der Waals surface area contributed by atoms with Gasteiger partial charge in [-0.15, -0.1) is 6.58 Å². The van der Waals surface area contributed by atoms with Gasteiger partial charge in [0, 0.05) is 5.41 Å². The standard InChI is InChI=1S/C25H38O2S/c1-5-17-28(26,27)23(6-2)22-13-12-20-19-11-10-18-9-7-8-15-24(18,3)21(19)14-16-25(20,22)4/h5-6,10,17,19-23H,2,7-9,11-16H2,1,3-4H3/b17-5-/t19-,20-,21-,22+,23?,24-,25-/m0/s1. The molecule has 0 radical (unpaired) electrons. The number of hydrogen-bond donors (Lipinski definition) is 0. The van der Waals surface area contributed by atoms with Crippen molar-refractivity contribution in [2.45, 2.75) is 83.8 Å². The lowest BCUT2D eigenvalue weighted by atomic mass is 9.47. The fourth-order valence-corrected chi connectivity index (χ4v) is 9.82. The highest BCUT2D eigenvalue weighted by Crippen LogP contribution is 2.67. The molecule has 0 spiro atoms. The van der Waals surface area contributed by atoms with E-state index in [0.717, 1.165) is 18.3 Å². The van der Waals surface area contributed by atoms with E-state index >= 15 is 0 Å². The Balaban J connectivity index is 1.65. The van der Waals surface area contributed by atoms with Gasteiger partial charge in [-0.3, -0.25) is 0 Å². The van der Waals surface area contributed by atoms with Gasteiger partial charge in [-0.25, -0.2) is 8.42 Å². The van der Waals surface area contributed by atoms with Gasteiger partial charge in [0.05, 0.1) is 5.25 Å². The first-order valence-corrected chi connectivity index (χ1v) is 13.1. The van der Waals surface area contributed by atoms with Crippen LogP contribution in [0.4, 0.5) is 0 Å². The quantitative estimate of drug-likeness (QED) is 0.506. The Kier molecular flexibility index (Phi) is 5.22. The summed E-state index contributed by atoms with van der Waals surface area (Å²) in [5, 5.41) is 0.968. The Hall–Kier alpha value is -0.830.